The van der Waals surface area contributed by atoms with E-state index < -0.39 is 6.03 Å². The Morgan fingerprint density at radius 2 is 2.40 bits per heavy atom. The molecule has 3 N–H and O–H groups in total. The largest absolute Gasteiger partial charge is 0.352 e. The SMILES string of the molecule is C/C=C/[C@@H](C)CNC(N)=O. The molecule has 0 spiro atoms. The zero-order valence-corrected chi connectivity index (χ0v) is 6.42. The van der Waals surface area contributed by atoms with Gasteiger partial charge in [0.2, 0.25) is 0 Å². The number of hydrogen-bond acceptors (Lipinski definition) is 1. The molecule has 0 radical (unpaired) electrons. The van der Waals surface area contributed by atoms with Crippen molar-refractivity contribution in [2.24, 2.45) is 11.7 Å². The van der Waals surface area contributed by atoms with E-state index >= 15 is 0 Å². The Hall–Kier alpha value is -0.990. The first-order valence-electron chi connectivity index (χ1n) is 3.33. The van der Waals surface area contributed by atoms with Gasteiger partial charge in [-0.3, -0.25) is 0 Å². The maximum Gasteiger partial charge on any atom is 0.312 e. The lowest BCUT2D eigenvalue weighted by atomic mass is 10.2. The van der Waals surface area contributed by atoms with E-state index in [1.165, 1.54) is 0 Å². The molecule has 0 heterocycles. The topological polar surface area (TPSA) is 55.1 Å². The Morgan fingerprint density at radius 3 is 2.80 bits per heavy atom. The van der Waals surface area contributed by atoms with Crippen molar-refractivity contribution in [3.05, 3.63) is 12.2 Å². The number of amides is 2. The second-order valence-electron chi connectivity index (χ2n) is 2.25. The lowest BCUT2D eigenvalue weighted by Crippen LogP contribution is -2.32. The van der Waals surface area contributed by atoms with Crippen LogP contribution >= 0.6 is 0 Å². The van der Waals surface area contributed by atoms with E-state index in [1.807, 2.05) is 26.0 Å². The van der Waals surface area contributed by atoms with E-state index in [9.17, 15) is 4.79 Å². The quantitative estimate of drug-likeness (QED) is 0.564. The molecule has 0 bridgehead atoms. The predicted octanol–water partition coefficient (Wildman–Crippen LogP) is 0.867. The summed E-state index contributed by atoms with van der Waals surface area (Å²) in [5, 5.41) is 2.52. The fourth-order valence-corrected chi connectivity index (χ4v) is 0.658. The molecule has 0 fully saturated rings. The molecule has 0 aliphatic carbocycles. The summed E-state index contributed by atoms with van der Waals surface area (Å²) >= 11 is 0. The van der Waals surface area contributed by atoms with E-state index in [4.69, 9.17) is 5.73 Å². The van der Waals surface area contributed by atoms with Gasteiger partial charge in [-0.15, -0.1) is 0 Å². The Morgan fingerprint density at radius 1 is 1.80 bits per heavy atom. The van der Waals surface area contributed by atoms with Crippen LogP contribution in [-0.4, -0.2) is 12.6 Å². The van der Waals surface area contributed by atoms with Gasteiger partial charge in [0.15, 0.2) is 0 Å². The summed E-state index contributed by atoms with van der Waals surface area (Å²) < 4.78 is 0. The first-order valence-corrected chi connectivity index (χ1v) is 3.33. The lowest BCUT2D eigenvalue weighted by Gasteiger charge is -2.04. The molecule has 0 saturated carbocycles. The summed E-state index contributed by atoms with van der Waals surface area (Å²) in [5.41, 5.74) is 4.86. The fraction of sp³-hybridized carbons (Fsp3) is 0.571. The zero-order valence-electron chi connectivity index (χ0n) is 6.42. The molecule has 58 valence electrons. The molecule has 0 aromatic carbocycles. The molecule has 0 unspecified atom stereocenters. The minimum Gasteiger partial charge on any atom is -0.352 e. The van der Waals surface area contributed by atoms with Crippen molar-refractivity contribution in [1.82, 2.24) is 5.32 Å². The third kappa shape index (κ3) is 5.15. The van der Waals surface area contributed by atoms with Crippen LogP contribution in [0, 0.1) is 5.92 Å². The van der Waals surface area contributed by atoms with Crippen LogP contribution in [0.2, 0.25) is 0 Å². The normalized spacial score (nSPS) is 13.4. The Bertz CT molecular complexity index is 132. The number of carbonyl (C=O) groups excluding carboxylic acids is 1. The maximum absolute atomic E-state index is 10.2. The highest BCUT2D eigenvalue weighted by Gasteiger charge is 1.96. The van der Waals surface area contributed by atoms with Crippen molar-refractivity contribution < 1.29 is 4.79 Å². The molecular weight excluding hydrogens is 128 g/mol. The van der Waals surface area contributed by atoms with Crippen molar-refractivity contribution in [2.45, 2.75) is 13.8 Å². The van der Waals surface area contributed by atoms with Gasteiger partial charge in [-0.2, -0.15) is 0 Å². The van der Waals surface area contributed by atoms with E-state index in [2.05, 4.69) is 5.32 Å². The third-order valence-electron chi connectivity index (χ3n) is 1.12. The van der Waals surface area contributed by atoms with Gasteiger partial charge in [0.1, 0.15) is 0 Å². The summed E-state index contributed by atoms with van der Waals surface area (Å²) in [6, 6.07) is -0.462. The Labute approximate surface area is 61.3 Å². The van der Waals surface area contributed by atoms with Gasteiger partial charge >= 0.3 is 6.03 Å². The van der Waals surface area contributed by atoms with Crippen LogP contribution in [0.3, 0.4) is 0 Å². The monoisotopic (exact) mass is 142 g/mol. The van der Waals surface area contributed by atoms with Gasteiger partial charge in [-0.05, 0) is 12.8 Å². The summed E-state index contributed by atoms with van der Waals surface area (Å²) in [6.45, 7) is 4.57. The van der Waals surface area contributed by atoms with Crippen molar-refractivity contribution in [2.75, 3.05) is 6.54 Å². The van der Waals surface area contributed by atoms with Crippen LogP contribution in [0.25, 0.3) is 0 Å². The van der Waals surface area contributed by atoms with Gasteiger partial charge in [0, 0.05) is 6.54 Å². The zero-order chi connectivity index (χ0) is 7.98. The highest BCUT2D eigenvalue weighted by Crippen LogP contribution is 1.93. The molecule has 10 heavy (non-hydrogen) atoms. The standard InChI is InChI=1S/C7H14N2O/c1-3-4-6(2)5-9-7(8)10/h3-4,6H,5H2,1-2H3,(H3,8,9,10)/b4-3+/t6-/m1/s1. The van der Waals surface area contributed by atoms with Crippen molar-refractivity contribution in [3.8, 4) is 0 Å². The number of rotatable bonds is 3. The molecule has 0 aromatic heterocycles. The van der Waals surface area contributed by atoms with Gasteiger partial charge in [0.05, 0.1) is 0 Å². The number of primary amides is 1. The second kappa shape index (κ2) is 4.85. The van der Waals surface area contributed by atoms with Crippen molar-refractivity contribution in [1.29, 1.82) is 0 Å². The summed E-state index contributed by atoms with van der Waals surface area (Å²) in [6.07, 6.45) is 3.96. The minimum absolute atomic E-state index is 0.359. The number of nitrogens with one attached hydrogen (secondary N) is 1. The smallest absolute Gasteiger partial charge is 0.312 e. The summed E-state index contributed by atoms with van der Waals surface area (Å²) in [5.74, 6) is 0.359. The van der Waals surface area contributed by atoms with Crippen LogP contribution in [0.4, 0.5) is 4.79 Å². The molecule has 1 atom stereocenters. The van der Waals surface area contributed by atoms with E-state index in [-0.39, 0.29) is 0 Å². The first-order chi connectivity index (χ1) is 4.66. The number of urea groups is 1. The number of hydrogen-bond donors (Lipinski definition) is 2. The second-order valence-corrected chi connectivity index (χ2v) is 2.25. The number of nitrogens with two attached hydrogens (primary N) is 1. The fourth-order valence-electron chi connectivity index (χ4n) is 0.658. The van der Waals surface area contributed by atoms with Crippen molar-refractivity contribution >= 4 is 6.03 Å². The number of carbonyl (C=O) groups is 1. The molecule has 3 heteroatoms. The maximum atomic E-state index is 10.2. The Balaban J connectivity index is 3.39. The molecule has 0 rings (SSSR count). The minimum atomic E-state index is -0.462. The molecular formula is C7H14N2O. The summed E-state index contributed by atoms with van der Waals surface area (Å²) in [4.78, 5) is 10.2. The van der Waals surface area contributed by atoms with Crippen LogP contribution in [0.5, 0.6) is 0 Å². The van der Waals surface area contributed by atoms with Gasteiger partial charge in [0.25, 0.3) is 0 Å². The highest BCUT2D eigenvalue weighted by molar-refractivity contribution is 5.71. The van der Waals surface area contributed by atoms with Crippen LogP contribution in [0.1, 0.15) is 13.8 Å². The van der Waals surface area contributed by atoms with Crippen LogP contribution < -0.4 is 11.1 Å². The molecule has 0 aromatic rings. The van der Waals surface area contributed by atoms with E-state index in [0.717, 1.165) is 0 Å². The average molecular weight is 142 g/mol. The van der Waals surface area contributed by atoms with E-state index in [0.29, 0.717) is 12.5 Å². The van der Waals surface area contributed by atoms with Gasteiger partial charge < -0.3 is 11.1 Å². The molecule has 2 amide bonds. The molecule has 0 aliphatic rings. The Kier molecular flexibility index (Phi) is 4.37. The van der Waals surface area contributed by atoms with E-state index in [1.54, 1.807) is 0 Å². The predicted molar refractivity (Wildman–Crippen MR) is 41.6 cm³/mol. The van der Waals surface area contributed by atoms with Gasteiger partial charge in [-0.25, -0.2) is 4.79 Å². The number of allylic oxidation sites excluding steroid dienone is 1. The van der Waals surface area contributed by atoms with Crippen LogP contribution in [-0.2, 0) is 0 Å². The average Bonchev–Trinajstić information content (AvgIpc) is 1.85. The van der Waals surface area contributed by atoms with Crippen LogP contribution in [0.15, 0.2) is 12.2 Å². The molecule has 0 aliphatic heterocycles. The first kappa shape index (κ1) is 9.01. The molecule has 0 saturated heterocycles. The highest BCUT2D eigenvalue weighted by atomic mass is 16.2. The lowest BCUT2D eigenvalue weighted by molar-refractivity contribution is 0.248. The third-order valence-corrected chi connectivity index (χ3v) is 1.12. The van der Waals surface area contributed by atoms with Crippen molar-refractivity contribution in [3.63, 3.8) is 0 Å². The molecule has 3 nitrogen and oxygen atoms in total. The van der Waals surface area contributed by atoms with Gasteiger partial charge in [-0.1, -0.05) is 19.1 Å². The summed E-state index contributed by atoms with van der Waals surface area (Å²) in [7, 11) is 0.